The zero-order valence-corrected chi connectivity index (χ0v) is 15.1. The first-order valence-electron chi connectivity index (χ1n) is 10.7. The average Bonchev–Trinajstić information content (AvgIpc) is 2.68. The number of methoxy groups -OCH3 is 1. The lowest BCUT2D eigenvalue weighted by atomic mass is 9.86. The highest BCUT2D eigenvalue weighted by Crippen LogP contribution is 2.36. The number of hydrogen-bond donors (Lipinski definition) is 1. The van der Waals surface area contributed by atoms with Gasteiger partial charge in [-0.15, -0.1) is 0 Å². The van der Waals surface area contributed by atoms with Gasteiger partial charge >= 0.3 is 0 Å². The summed E-state index contributed by atoms with van der Waals surface area (Å²) in [6.45, 7) is 4.41. The number of ether oxygens (including phenoxy) is 1. The Bertz CT molecular complexity index is 803. The Morgan fingerprint density at radius 3 is 2.65 bits per heavy atom. The van der Waals surface area contributed by atoms with Gasteiger partial charge < -0.3 is 14.7 Å². The topological polar surface area (TPSA) is 32.7 Å². The van der Waals surface area contributed by atoms with Crippen LogP contribution in [-0.2, 0) is 6.42 Å². The van der Waals surface area contributed by atoms with Gasteiger partial charge in [-0.3, -0.25) is 0 Å². The molecule has 1 saturated heterocycles. The van der Waals surface area contributed by atoms with E-state index in [9.17, 15) is 9.50 Å². The van der Waals surface area contributed by atoms with Gasteiger partial charge in [0.15, 0.2) is 0 Å². The Kier molecular flexibility index (Phi) is 5.05. The van der Waals surface area contributed by atoms with Crippen molar-refractivity contribution in [3.8, 4) is 5.75 Å². The van der Waals surface area contributed by atoms with E-state index in [0.717, 1.165) is 44.5 Å². The van der Waals surface area contributed by atoms with Crippen molar-refractivity contribution in [1.82, 2.24) is 4.90 Å². The molecule has 0 bridgehead atoms. The summed E-state index contributed by atoms with van der Waals surface area (Å²) >= 11 is 0. The van der Waals surface area contributed by atoms with Crippen LogP contribution in [0.1, 0.15) is 39.7 Å². The summed E-state index contributed by atoms with van der Waals surface area (Å²) in [6.07, 6.45) is 1.76. The van der Waals surface area contributed by atoms with Gasteiger partial charge in [0.25, 0.3) is 0 Å². The van der Waals surface area contributed by atoms with Crippen LogP contribution in [0.3, 0.4) is 0 Å². The fourth-order valence-electron chi connectivity index (χ4n) is 3.73. The smallest absolute Gasteiger partial charge is 0.127 e. The largest absolute Gasteiger partial charge is 0.496 e. The van der Waals surface area contributed by atoms with Crippen molar-refractivity contribution < 1.29 is 18.3 Å². The number of benzene rings is 2. The molecule has 26 heavy (non-hydrogen) atoms. The molecule has 2 aromatic carbocycles. The van der Waals surface area contributed by atoms with Crippen LogP contribution in [0.25, 0.3) is 0 Å². The molecule has 1 fully saturated rings. The van der Waals surface area contributed by atoms with Crippen molar-refractivity contribution in [2.24, 2.45) is 5.92 Å². The molecule has 1 aliphatic rings. The van der Waals surface area contributed by atoms with Crippen molar-refractivity contribution in [2.45, 2.75) is 32.3 Å². The molecule has 0 radical (unpaired) electrons. The van der Waals surface area contributed by atoms with Gasteiger partial charge in [0.1, 0.15) is 11.6 Å². The van der Waals surface area contributed by atoms with E-state index in [2.05, 4.69) is 4.90 Å². The fourth-order valence-corrected chi connectivity index (χ4v) is 3.73. The quantitative estimate of drug-likeness (QED) is 0.841. The van der Waals surface area contributed by atoms with Crippen molar-refractivity contribution >= 4 is 0 Å². The van der Waals surface area contributed by atoms with E-state index in [1.807, 2.05) is 18.2 Å². The lowest BCUT2D eigenvalue weighted by Gasteiger charge is -2.34. The normalized spacial score (nSPS) is 19.4. The van der Waals surface area contributed by atoms with Crippen LogP contribution in [0.15, 0.2) is 42.5 Å². The molecule has 1 heterocycles. The van der Waals surface area contributed by atoms with E-state index in [1.54, 1.807) is 19.1 Å². The number of piperidine rings is 1. The molecular weight excluding hydrogens is 329 g/mol. The molecule has 3 rings (SSSR count). The maximum Gasteiger partial charge on any atom is 0.127 e. The molecular formula is C22H28FNO2. The first-order valence-corrected chi connectivity index (χ1v) is 9.16. The molecule has 1 N–H and O–H groups in total. The van der Waals surface area contributed by atoms with Crippen LogP contribution in [-0.4, -0.2) is 36.7 Å². The maximum atomic E-state index is 13.0. The van der Waals surface area contributed by atoms with Gasteiger partial charge in [-0.2, -0.15) is 0 Å². The number of likely N-dealkylation sites (tertiary alicyclic amines) is 1. The van der Waals surface area contributed by atoms with Crippen molar-refractivity contribution in [3.05, 3.63) is 65.0 Å². The van der Waals surface area contributed by atoms with Gasteiger partial charge in [0.2, 0.25) is 0 Å². The first kappa shape index (κ1) is 15.2. The standard InChI is InChI=1S/C22H28FNO2/c1-16-4-3-5-20(22(16)26-2)21(25)18-11-14-24(15-12-18)13-10-17-6-8-19(23)9-7-17/h3-9,18,21,25H,10-15H2,1-2H3/i2D3. The van der Waals surface area contributed by atoms with Crippen molar-refractivity contribution in [3.63, 3.8) is 0 Å². The zero-order chi connectivity index (χ0) is 21.0. The molecule has 0 saturated carbocycles. The summed E-state index contributed by atoms with van der Waals surface area (Å²) in [6, 6.07) is 12.0. The SMILES string of the molecule is [2H]C([2H])([2H])Oc1c(C)cccc1C(O)C1CCN(CCc2ccc(F)cc2)CC1. The molecule has 1 atom stereocenters. The first-order chi connectivity index (χ1) is 13.7. The number of halogens is 1. The van der Waals surface area contributed by atoms with E-state index >= 15 is 0 Å². The lowest BCUT2D eigenvalue weighted by molar-refractivity contribution is 0.0575. The number of rotatable bonds is 6. The Balaban J connectivity index is 1.58. The second kappa shape index (κ2) is 8.65. The van der Waals surface area contributed by atoms with E-state index < -0.39 is 13.1 Å². The minimum Gasteiger partial charge on any atom is -0.496 e. The fraction of sp³-hybridized carbons (Fsp3) is 0.455. The van der Waals surface area contributed by atoms with Crippen molar-refractivity contribution in [1.29, 1.82) is 0 Å². The second-order valence-corrected chi connectivity index (χ2v) is 7.10. The molecule has 1 unspecified atom stereocenters. The lowest BCUT2D eigenvalue weighted by Crippen LogP contribution is -2.36. The van der Waals surface area contributed by atoms with Crippen LogP contribution in [0.4, 0.5) is 4.39 Å². The minimum absolute atomic E-state index is 0.0535. The number of nitrogens with zero attached hydrogens (tertiary/aromatic N) is 1. The zero-order valence-electron chi connectivity index (χ0n) is 18.1. The number of hydrogen-bond acceptors (Lipinski definition) is 3. The summed E-state index contributed by atoms with van der Waals surface area (Å²) in [5.41, 5.74) is 2.36. The maximum absolute atomic E-state index is 13.0. The second-order valence-electron chi connectivity index (χ2n) is 7.10. The molecule has 0 aliphatic carbocycles. The molecule has 3 nitrogen and oxygen atoms in total. The number of aliphatic hydroxyl groups excluding tert-OH is 1. The van der Waals surface area contributed by atoms with Crippen LogP contribution in [0.5, 0.6) is 5.75 Å². The summed E-state index contributed by atoms with van der Waals surface area (Å²) in [5.74, 6) is 0.0955. The number of aliphatic hydroxyl groups is 1. The van der Waals surface area contributed by atoms with E-state index in [1.165, 1.54) is 12.1 Å². The Hall–Kier alpha value is -1.91. The average molecular weight is 360 g/mol. The van der Waals surface area contributed by atoms with Gasteiger partial charge in [0, 0.05) is 12.1 Å². The van der Waals surface area contributed by atoms with Crippen LogP contribution in [0, 0.1) is 18.7 Å². The van der Waals surface area contributed by atoms with E-state index in [4.69, 9.17) is 8.85 Å². The third-order valence-electron chi connectivity index (χ3n) is 5.37. The summed E-state index contributed by atoms with van der Waals surface area (Å²) in [7, 11) is -2.55. The Morgan fingerprint density at radius 1 is 1.23 bits per heavy atom. The van der Waals surface area contributed by atoms with Crippen molar-refractivity contribution in [2.75, 3.05) is 26.7 Å². The van der Waals surface area contributed by atoms with Crippen LogP contribution >= 0.6 is 0 Å². The summed E-state index contributed by atoms with van der Waals surface area (Å²) in [4.78, 5) is 2.35. The van der Waals surface area contributed by atoms with Gasteiger partial charge in [0.05, 0.1) is 17.3 Å². The summed E-state index contributed by atoms with van der Waals surface area (Å²) in [5, 5.41) is 10.9. The van der Waals surface area contributed by atoms with Crippen LogP contribution < -0.4 is 4.74 Å². The summed E-state index contributed by atoms with van der Waals surface area (Å²) < 4.78 is 40.4. The predicted octanol–water partition coefficient (Wildman–Crippen LogP) is 4.13. The van der Waals surface area contributed by atoms with E-state index in [-0.39, 0.29) is 17.5 Å². The molecule has 1 aliphatic heterocycles. The monoisotopic (exact) mass is 360 g/mol. The highest BCUT2D eigenvalue weighted by Gasteiger charge is 2.28. The third kappa shape index (κ3) is 4.43. The number of para-hydroxylation sites is 1. The highest BCUT2D eigenvalue weighted by atomic mass is 19.1. The minimum atomic E-state index is -2.55. The van der Waals surface area contributed by atoms with Gasteiger partial charge in [-0.1, -0.05) is 30.3 Å². The molecule has 0 spiro atoms. The third-order valence-corrected chi connectivity index (χ3v) is 5.37. The number of aryl methyl sites for hydroxylation is 1. The van der Waals surface area contributed by atoms with Crippen LogP contribution in [0.2, 0.25) is 0 Å². The molecule has 0 aromatic heterocycles. The molecule has 4 heteroatoms. The van der Waals surface area contributed by atoms with Gasteiger partial charge in [-0.05, 0) is 68.5 Å². The molecule has 140 valence electrons. The van der Waals surface area contributed by atoms with E-state index in [0.29, 0.717) is 11.1 Å². The Labute approximate surface area is 159 Å². The molecule has 0 amide bonds. The molecule has 2 aromatic rings. The predicted molar refractivity (Wildman–Crippen MR) is 102 cm³/mol. The van der Waals surface area contributed by atoms with Gasteiger partial charge in [-0.25, -0.2) is 4.39 Å². The highest BCUT2D eigenvalue weighted by molar-refractivity contribution is 5.42. The Morgan fingerprint density at radius 2 is 1.96 bits per heavy atom.